The molecule has 204 valence electrons. The fraction of sp³-hybridized carbons (Fsp3) is 0.276. The molecule has 9 nitrogen and oxygen atoms in total. The lowest BCUT2D eigenvalue weighted by atomic mass is 10.0. The normalized spacial score (nSPS) is 14.4. The first-order chi connectivity index (χ1) is 18.8. The summed E-state index contributed by atoms with van der Waals surface area (Å²) in [7, 11) is -0.887. The number of ether oxygens (including phenoxy) is 1. The Bertz CT molecular complexity index is 1460. The third kappa shape index (κ3) is 6.12. The van der Waals surface area contributed by atoms with Gasteiger partial charge in [-0.15, -0.1) is 0 Å². The van der Waals surface area contributed by atoms with Gasteiger partial charge in [0.1, 0.15) is 16.7 Å². The lowest BCUT2D eigenvalue weighted by Gasteiger charge is -2.31. The highest BCUT2D eigenvalue weighted by Gasteiger charge is 2.40. The summed E-state index contributed by atoms with van der Waals surface area (Å²) in [5.41, 5.74) is 1.80. The third-order valence-electron chi connectivity index (χ3n) is 6.67. The second-order valence-electron chi connectivity index (χ2n) is 9.17. The van der Waals surface area contributed by atoms with Crippen molar-refractivity contribution in [2.45, 2.75) is 36.7 Å². The van der Waals surface area contributed by atoms with Crippen LogP contribution in [0.5, 0.6) is 5.75 Å². The van der Waals surface area contributed by atoms with Crippen molar-refractivity contribution in [2.75, 3.05) is 20.7 Å². The molecule has 4 rings (SSSR count). The Morgan fingerprint density at radius 1 is 0.974 bits per heavy atom. The SMILES string of the molecule is CNC(=O)[C@H](Cc1ccccc1)N(Cc1cccc(OC)c1)C(=O)CCCN1C(=O)c2ccccc2S1(=O)=O. The molecule has 1 N–H and O–H groups in total. The molecule has 0 aromatic heterocycles. The molecular weight excluding hydrogens is 518 g/mol. The van der Waals surface area contributed by atoms with E-state index in [1.807, 2.05) is 42.5 Å². The summed E-state index contributed by atoms with van der Waals surface area (Å²) in [6.07, 6.45) is 0.352. The molecule has 0 unspecified atom stereocenters. The lowest BCUT2D eigenvalue weighted by molar-refractivity contribution is -0.141. The van der Waals surface area contributed by atoms with E-state index in [0.717, 1.165) is 15.4 Å². The number of carbonyl (C=O) groups is 3. The molecule has 0 saturated carbocycles. The number of nitrogens with one attached hydrogen (secondary N) is 1. The minimum absolute atomic E-state index is 0.0245. The van der Waals surface area contributed by atoms with Crippen molar-refractivity contribution in [3.63, 3.8) is 0 Å². The van der Waals surface area contributed by atoms with Crippen molar-refractivity contribution in [1.82, 2.24) is 14.5 Å². The first kappa shape index (κ1) is 27.8. The third-order valence-corrected chi connectivity index (χ3v) is 8.51. The van der Waals surface area contributed by atoms with E-state index in [0.29, 0.717) is 12.2 Å². The number of sulfonamides is 1. The number of likely N-dealkylation sites (N-methyl/N-ethyl adjacent to an activating group) is 1. The van der Waals surface area contributed by atoms with Gasteiger partial charge in [0, 0.05) is 33.0 Å². The number of carbonyl (C=O) groups excluding carboxylic acids is 3. The van der Waals surface area contributed by atoms with Crippen LogP contribution in [0.2, 0.25) is 0 Å². The number of fused-ring (bicyclic) bond motifs is 1. The van der Waals surface area contributed by atoms with Gasteiger partial charge < -0.3 is 15.0 Å². The average molecular weight is 550 g/mol. The Hall–Kier alpha value is -4.18. The summed E-state index contributed by atoms with van der Waals surface area (Å²) in [5.74, 6) is -0.623. The molecule has 39 heavy (non-hydrogen) atoms. The van der Waals surface area contributed by atoms with E-state index in [1.54, 1.807) is 31.4 Å². The van der Waals surface area contributed by atoms with Gasteiger partial charge in [-0.25, -0.2) is 12.7 Å². The predicted octanol–water partition coefficient (Wildman–Crippen LogP) is 3.01. The molecule has 3 aromatic carbocycles. The molecule has 0 saturated heterocycles. The Balaban J connectivity index is 1.55. The smallest absolute Gasteiger partial charge is 0.269 e. The molecule has 1 aliphatic rings. The van der Waals surface area contributed by atoms with Crippen molar-refractivity contribution in [1.29, 1.82) is 0 Å². The number of nitrogens with zero attached hydrogens (tertiary/aromatic N) is 2. The van der Waals surface area contributed by atoms with Crippen LogP contribution in [-0.4, -0.2) is 62.1 Å². The molecule has 0 radical (unpaired) electrons. The maximum absolute atomic E-state index is 13.7. The fourth-order valence-corrected chi connectivity index (χ4v) is 6.27. The second kappa shape index (κ2) is 12.1. The number of benzene rings is 3. The zero-order valence-corrected chi connectivity index (χ0v) is 22.7. The van der Waals surface area contributed by atoms with Crippen molar-refractivity contribution in [3.05, 3.63) is 95.6 Å². The van der Waals surface area contributed by atoms with Gasteiger partial charge in [0.25, 0.3) is 15.9 Å². The minimum atomic E-state index is -3.96. The van der Waals surface area contributed by atoms with Gasteiger partial charge >= 0.3 is 0 Å². The van der Waals surface area contributed by atoms with Crippen LogP contribution in [0.4, 0.5) is 0 Å². The topological polar surface area (TPSA) is 113 Å². The Morgan fingerprint density at radius 3 is 2.36 bits per heavy atom. The van der Waals surface area contributed by atoms with E-state index in [9.17, 15) is 22.8 Å². The maximum Gasteiger partial charge on any atom is 0.269 e. The zero-order valence-electron chi connectivity index (χ0n) is 21.9. The molecular formula is C29H31N3O6S. The Labute approximate surface area is 228 Å². The Morgan fingerprint density at radius 2 is 1.67 bits per heavy atom. The molecule has 3 aromatic rings. The zero-order chi connectivity index (χ0) is 28.0. The number of rotatable bonds is 11. The second-order valence-corrected chi connectivity index (χ2v) is 11.0. The molecule has 10 heteroatoms. The first-order valence-electron chi connectivity index (χ1n) is 12.6. The number of hydrogen-bond donors (Lipinski definition) is 1. The standard InChI is InChI=1S/C29H31N3O6S/c1-30-28(34)25(19-21-10-4-3-5-11-21)31(20-22-12-8-13-23(18-22)38-2)27(33)16-9-17-32-29(35)24-14-6-7-15-26(24)39(32,36)37/h3-8,10-15,18,25H,9,16-17,19-20H2,1-2H3,(H,30,34)/t25-/m0/s1. The summed E-state index contributed by atoms with van der Waals surface area (Å²) in [4.78, 5) is 40.9. The molecule has 0 fully saturated rings. The Kier molecular flexibility index (Phi) is 8.65. The summed E-state index contributed by atoms with van der Waals surface area (Å²) < 4.78 is 31.9. The highest BCUT2D eigenvalue weighted by Crippen LogP contribution is 2.30. The molecule has 0 bridgehead atoms. The van der Waals surface area contributed by atoms with Gasteiger partial charge in [-0.2, -0.15) is 0 Å². The lowest BCUT2D eigenvalue weighted by Crippen LogP contribution is -2.49. The van der Waals surface area contributed by atoms with Crippen LogP contribution in [-0.2, 0) is 32.6 Å². The van der Waals surface area contributed by atoms with Crippen LogP contribution in [0.15, 0.2) is 83.8 Å². The monoisotopic (exact) mass is 549 g/mol. The van der Waals surface area contributed by atoms with E-state index >= 15 is 0 Å². The van der Waals surface area contributed by atoms with E-state index < -0.39 is 22.0 Å². The average Bonchev–Trinajstić information content (AvgIpc) is 3.15. The molecule has 3 amide bonds. The van der Waals surface area contributed by atoms with Crippen molar-refractivity contribution in [3.8, 4) is 5.75 Å². The predicted molar refractivity (Wildman–Crippen MR) is 145 cm³/mol. The van der Waals surface area contributed by atoms with Crippen molar-refractivity contribution >= 4 is 27.7 Å². The van der Waals surface area contributed by atoms with Crippen LogP contribution in [0, 0.1) is 0 Å². The fourth-order valence-electron chi connectivity index (χ4n) is 4.66. The van der Waals surface area contributed by atoms with Crippen LogP contribution in [0.3, 0.4) is 0 Å². The summed E-state index contributed by atoms with van der Waals surface area (Å²) in [6.45, 7) is 0.00521. The highest BCUT2D eigenvalue weighted by molar-refractivity contribution is 7.90. The maximum atomic E-state index is 13.7. The molecule has 0 aliphatic carbocycles. The van der Waals surface area contributed by atoms with E-state index in [2.05, 4.69) is 5.32 Å². The minimum Gasteiger partial charge on any atom is -0.497 e. The van der Waals surface area contributed by atoms with Crippen LogP contribution < -0.4 is 10.1 Å². The van der Waals surface area contributed by atoms with Crippen LogP contribution >= 0.6 is 0 Å². The van der Waals surface area contributed by atoms with Crippen molar-refractivity contribution in [2.24, 2.45) is 0 Å². The van der Waals surface area contributed by atoms with Gasteiger partial charge in [0.2, 0.25) is 11.8 Å². The number of hydrogen-bond acceptors (Lipinski definition) is 6. The van der Waals surface area contributed by atoms with Crippen molar-refractivity contribution < 1.29 is 27.5 Å². The van der Waals surface area contributed by atoms with Crippen LogP contribution in [0.1, 0.15) is 34.3 Å². The summed E-state index contributed by atoms with van der Waals surface area (Å²) >= 11 is 0. The molecule has 0 spiro atoms. The van der Waals surface area contributed by atoms with Gasteiger partial charge in [-0.1, -0.05) is 54.6 Å². The van der Waals surface area contributed by atoms with Crippen LogP contribution in [0.25, 0.3) is 0 Å². The van der Waals surface area contributed by atoms with Gasteiger partial charge in [-0.3, -0.25) is 14.4 Å². The summed E-state index contributed by atoms with van der Waals surface area (Å²) in [5, 5.41) is 2.67. The van der Waals surface area contributed by atoms with E-state index in [4.69, 9.17) is 4.74 Å². The molecule has 1 atom stereocenters. The van der Waals surface area contributed by atoms with E-state index in [1.165, 1.54) is 24.1 Å². The van der Waals surface area contributed by atoms with Gasteiger partial charge in [0.15, 0.2) is 0 Å². The van der Waals surface area contributed by atoms with Gasteiger partial charge in [-0.05, 0) is 41.8 Å². The first-order valence-corrected chi connectivity index (χ1v) is 14.0. The largest absolute Gasteiger partial charge is 0.497 e. The molecule has 1 aliphatic heterocycles. The summed E-state index contributed by atoms with van der Waals surface area (Å²) in [6, 6.07) is 21.9. The highest BCUT2D eigenvalue weighted by atomic mass is 32.2. The molecule has 1 heterocycles. The van der Waals surface area contributed by atoms with Gasteiger partial charge in [0.05, 0.1) is 12.7 Å². The number of methoxy groups -OCH3 is 1. The number of amides is 3. The quantitative estimate of drug-likeness (QED) is 0.394. The van der Waals surface area contributed by atoms with E-state index in [-0.39, 0.29) is 48.2 Å².